The van der Waals surface area contributed by atoms with Gasteiger partial charge in [0.05, 0.1) is 11.1 Å². The summed E-state index contributed by atoms with van der Waals surface area (Å²) in [6.45, 7) is 2.09. The Kier molecular flexibility index (Phi) is 7.60. The van der Waals surface area contributed by atoms with E-state index in [4.69, 9.17) is 0 Å². The Morgan fingerprint density at radius 1 is 1.07 bits per heavy atom. The van der Waals surface area contributed by atoms with Crippen molar-refractivity contribution in [2.45, 2.75) is 32.1 Å². The summed E-state index contributed by atoms with van der Waals surface area (Å²) >= 11 is 0. The summed E-state index contributed by atoms with van der Waals surface area (Å²) in [6.07, 6.45) is 5.11. The van der Waals surface area contributed by atoms with Gasteiger partial charge in [-0.3, -0.25) is 9.59 Å². The Morgan fingerprint density at radius 3 is 2.67 bits per heavy atom. The zero-order valence-electron chi connectivity index (χ0n) is 16.8. The van der Waals surface area contributed by atoms with E-state index >= 15 is 0 Å². The van der Waals surface area contributed by atoms with Crippen LogP contribution in [0.4, 0.5) is 5.69 Å². The molecule has 6 nitrogen and oxygen atoms in total. The van der Waals surface area contributed by atoms with Crippen LogP contribution in [0.25, 0.3) is 22.0 Å². The van der Waals surface area contributed by atoms with Crippen molar-refractivity contribution in [1.29, 1.82) is 0 Å². The highest BCUT2D eigenvalue weighted by molar-refractivity contribution is 5.95. The standard InChI is InChI=1S/C23H26N4O2.ClH/c28-21(10-3-4-13-24-15-16-11-12-16)25-18-7-5-6-17(14-18)22-19-8-1-2-9-20(19)23(29)27-26-22;/h1-2,5-9,14,16,24H,3-4,10-13,15H2,(H,25,28)(H,27,29);1H. The van der Waals surface area contributed by atoms with E-state index in [2.05, 4.69) is 20.8 Å². The third-order valence-corrected chi connectivity index (χ3v) is 5.25. The van der Waals surface area contributed by atoms with Crippen LogP contribution in [0, 0.1) is 5.92 Å². The molecule has 1 aliphatic carbocycles. The molecule has 0 radical (unpaired) electrons. The first-order chi connectivity index (χ1) is 14.2. The third-order valence-electron chi connectivity index (χ3n) is 5.25. The number of amides is 1. The van der Waals surface area contributed by atoms with Crippen LogP contribution in [0.15, 0.2) is 53.3 Å². The van der Waals surface area contributed by atoms with Crippen LogP contribution in [0.2, 0.25) is 0 Å². The molecule has 1 fully saturated rings. The molecule has 3 aromatic rings. The van der Waals surface area contributed by atoms with Crippen molar-refractivity contribution in [2.75, 3.05) is 18.4 Å². The van der Waals surface area contributed by atoms with E-state index in [1.165, 1.54) is 12.8 Å². The maximum atomic E-state index is 12.3. The minimum absolute atomic E-state index is 0. The monoisotopic (exact) mass is 426 g/mol. The molecule has 2 aromatic carbocycles. The fraction of sp³-hybridized carbons (Fsp3) is 0.348. The van der Waals surface area contributed by atoms with E-state index in [1.807, 2.05) is 42.5 Å². The van der Waals surface area contributed by atoms with Gasteiger partial charge in [-0.2, -0.15) is 5.10 Å². The Balaban J connectivity index is 0.00000256. The van der Waals surface area contributed by atoms with Gasteiger partial charge in [0.15, 0.2) is 0 Å². The second-order valence-corrected chi connectivity index (χ2v) is 7.68. The number of anilines is 1. The average Bonchev–Trinajstić information content (AvgIpc) is 3.56. The summed E-state index contributed by atoms with van der Waals surface area (Å²) in [5.41, 5.74) is 2.06. The number of halogens is 1. The number of H-pyrrole nitrogens is 1. The number of nitrogens with zero attached hydrogens (tertiary/aromatic N) is 1. The van der Waals surface area contributed by atoms with E-state index in [-0.39, 0.29) is 23.9 Å². The fourth-order valence-electron chi connectivity index (χ4n) is 3.47. The van der Waals surface area contributed by atoms with E-state index in [9.17, 15) is 9.59 Å². The lowest BCUT2D eigenvalue weighted by atomic mass is 10.0. The minimum Gasteiger partial charge on any atom is -0.326 e. The Hall–Kier alpha value is -2.70. The molecule has 0 saturated heterocycles. The Bertz CT molecular complexity index is 1060. The van der Waals surface area contributed by atoms with Crippen LogP contribution in [0.5, 0.6) is 0 Å². The lowest BCUT2D eigenvalue weighted by molar-refractivity contribution is -0.116. The number of hydrogen-bond acceptors (Lipinski definition) is 4. The molecular formula is C23H27ClN4O2. The predicted molar refractivity (Wildman–Crippen MR) is 123 cm³/mol. The van der Waals surface area contributed by atoms with Gasteiger partial charge in [-0.15, -0.1) is 12.4 Å². The largest absolute Gasteiger partial charge is 0.326 e. The van der Waals surface area contributed by atoms with Crippen molar-refractivity contribution in [1.82, 2.24) is 15.5 Å². The molecule has 0 spiro atoms. The SMILES string of the molecule is Cl.O=C(CCCCNCC1CC1)Nc1cccc(-c2n[nH]c(=O)c3ccccc23)c1. The second-order valence-electron chi connectivity index (χ2n) is 7.68. The number of nitrogens with one attached hydrogen (secondary N) is 3. The van der Waals surface area contributed by atoms with Crippen molar-refractivity contribution >= 4 is 34.8 Å². The highest BCUT2D eigenvalue weighted by Crippen LogP contribution is 2.27. The van der Waals surface area contributed by atoms with E-state index in [1.54, 1.807) is 6.07 Å². The molecule has 0 aliphatic heterocycles. The van der Waals surface area contributed by atoms with Crippen LogP contribution in [0.3, 0.4) is 0 Å². The number of aromatic nitrogens is 2. The highest BCUT2D eigenvalue weighted by Gasteiger charge is 2.19. The van der Waals surface area contributed by atoms with Crippen molar-refractivity contribution in [3.05, 3.63) is 58.9 Å². The zero-order valence-corrected chi connectivity index (χ0v) is 17.6. The number of rotatable bonds is 9. The maximum absolute atomic E-state index is 12.3. The lowest BCUT2D eigenvalue weighted by Gasteiger charge is -2.09. The predicted octanol–water partition coefficient (Wildman–Crippen LogP) is 4.12. The summed E-state index contributed by atoms with van der Waals surface area (Å²) in [4.78, 5) is 24.3. The van der Waals surface area contributed by atoms with Gasteiger partial charge in [-0.05, 0) is 62.9 Å². The molecule has 1 saturated carbocycles. The number of aromatic amines is 1. The lowest BCUT2D eigenvalue weighted by Crippen LogP contribution is -2.18. The molecule has 158 valence electrons. The fourth-order valence-corrected chi connectivity index (χ4v) is 3.47. The van der Waals surface area contributed by atoms with Gasteiger partial charge in [0.2, 0.25) is 5.91 Å². The summed E-state index contributed by atoms with van der Waals surface area (Å²) in [5, 5.41) is 14.6. The van der Waals surface area contributed by atoms with Gasteiger partial charge in [-0.25, -0.2) is 5.10 Å². The third kappa shape index (κ3) is 5.68. The maximum Gasteiger partial charge on any atom is 0.272 e. The van der Waals surface area contributed by atoms with E-state index in [0.717, 1.165) is 48.5 Å². The average molecular weight is 427 g/mol. The summed E-state index contributed by atoms with van der Waals surface area (Å²) in [6, 6.07) is 15.0. The number of benzene rings is 2. The molecule has 1 aliphatic rings. The van der Waals surface area contributed by atoms with Crippen molar-refractivity contribution < 1.29 is 4.79 Å². The van der Waals surface area contributed by atoms with Gasteiger partial charge < -0.3 is 10.6 Å². The first kappa shape index (κ1) is 22.0. The van der Waals surface area contributed by atoms with Gasteiger partial charge in [-0.1, -0.05) is 30.3 Å². The summed E-state index contributed by atoms with van der Waals surface area (Å²) in [5.74, 6) is 0.906. The minimum atomic E-state index is -0.208. The quantitative estimate of drug-likeness (QED) is 0.449. The molecule has 30 heavy (non-hydrogen) atoms. The first-order valence-corrected chi connectivity index (χ1v) is 10.3. The highest BCUT2D eigenvalue weighted by atomic mass is 35.5. The van der Waals surface area contributed by atoms with Crippen LogP contribution in [0.1, 0.15) is 32.1 Å². The molecule has 7 heteroatoms. The van der Waals surface area contributed by atoms with Crippen molar-refractivity contribution in [3.8, 4) is 11.3 Å². The molecule has 1 aromatic heterocycles. The molecule has 3 N–H and O–H groups in total. The van der Waals surface area contributed by atoms with Gasteiger partial charge in [0.25, 0.3) is 5.56 Å². The molecule has 0 unspecified atom stereocenters. The summed E-state index contributed by atoms with van der Waals surface area (Å²) < 4.78 is 0. The van der Waals surface area contributed by atoms with Crippen molar-refractivity contribution in [3.63, 3.8) is 0 Å². The number of carbonyl (C=O) groups excluding carboxylic acids is 1. The molecule has 4 rings (SSSR count). The molecule has 0 bridgehead atoms. The Morgan fingerprint density at radius 2 is 1.87 bits per heavy atom. The smallest absolute Gasteiger partial charge is 0.272 e. The Labute approximate surface area is 181 Å². The van der Waals surface area contributed by atoms with E-state index in [0.29, 0.717) is 17.5 Å². The number of hydrogen-bond donors (Lipinski definition) is 3. The number of carbonyl (C=O) groups is 1. The van der Waals surface area contributed by atoms with Crippen LogP contribution < -0.4 is 16.2 Å². The molecule has 1 amide bonds. The van der Waals surface area contributed by atoms with Crippen molar-refractivity contribution in [2.24, 2.45) is 5.92 Å². The number of unbranched alkanes of at least 4 members (excludes halogenated alkanes) is 1. The van der Waals surface area contributed by atoms with Crippen LogP contribution in [-0.2, 0) is 4.79 Å². The van der Waals surface area contributed by atoms with Gasteiger partial charge >= 0.3 is 0 Å². The normalized spacial score (nSPS) is 13.1. The molecular weight excluding hydrogens is 400 g/mol. The second kappa shape index (κ2) is 10.4. The first-order valence-electron chi connectivity index (χ1n) is 10.3. The zero-order chi connectivity index (χ0) is 20.1. The van der Waals surface area contributed by atoms with Crippen LogP contribution >= 0.6 is 12.4 Å². The molecule has 1 heterocycles. The molecule has 0 atom stereocenters. The van der Waals surface area contributed by atoms with E-state index < -0.39 is 0 Å². The van der Waals surface area contributed by atoms with Gasteiger partial charge in [0.1, 0.15) is 0 Å². The summed E-state index contributed by atoms with van der Waals surface area (Å²) in [7, 11) is 0. The topological polar surface area (TPSA) is 86.9 Å². The number of fused-ring (bicyclic) bond motifs is 1. The van der Waals surface area contributed by atoms with Crippen LogP contribution in [-0.4, -0.2) is 29.2 Å². The van der Waals surface area contributed by atoms with Gasteiger partial charge in [0, 0.05) is 23.1 Å².